The summed E-state index contributed by atoms with van der Waals surface area (Å²) in [5.74, 6) is 0. The van der Waals surface area contributed by atoms with Gasteiger partial charge >= 0.3 is 0 Å². The molecule has 0 bridgehead atoms. The first-order valence-electron chi connectivity index (χ1n) is 7.10. The molecule has 0 aliphatic heterocycles. The molecule has 0 saturated heterocycles. The highest BCUT2D eigenvalue weighted by molar-refractivity contribution is 7.22. The van der Waals surface area contributed by atoms with Gasteiger partial charge in [-0.15, -0.1) is 0 Å². The highest BCUT2D eigenvalue weighted by atomic mass is 35.5. The van der Waals surface area contributed by atoms with Crippen LogP contribution in [-0.2, 0) is 4.43 Å². The first-order valence-corrected chi connectivity index (χ1v) is 13.4. The Morgan fingerprint density at radius 1 is 1.25 bits per heavy atom. The van der Waals surface area contributed by atoms with Gasteiger partial charge in [-0.3, -0.25) is 0 Å². The second kappa shape index (κ2) is 6.75. The highest BCUT2D eigenvalue weighted by Gasteiger charge is 2.37. The molecule has 1 rings (SSSR count). The van der Waals surface area contributed by atoms with Gasteiger partial charge in [0.25, 0.3) is 0 Å². The molecule has 0 spiro atoms. The first-order chi connectivity index (χ1) is 9.06. The summed E-state index contributed by atoms with van der Waals surface area (Å²) in [6.07, 6.45) is -0.850. The maximum atomic E-state index is 10.0. The van der Waals surface area contributed by atoms with Crippen LogP contribution in [0.15, 0.2) is 24.3 Å². The van der Waals surface area contributed by atoms with Gasteiger partial charge in [0.2, 0.25) is 0 Å². The number of hydrogen-bond donors (Lipinski definition) is 1. The van der Waals surface area contributed by atoms with E-state index in [-0.39, 0.29) is 6.10 Å². The molecule has 0 heterocycles. The molecule has 2 nitrogen and oxygen atoms in total. The smallest absolute Gasteiger partial charge is 0.152 e. The molecule has 1 N–H and O–H groups in total. The van der Waals surface area contributed by atoms with Crippen LogP contribution in [-0.4, -0.2) is 28.1 Å². The minimum Gasteiger partial charge on any atom is -0.418 e. The highest BCUT2D eigenvalue weighted by Crippen LogP contribution is 2.36. The third-order valence-corrected chi connectivity index (χ3v) is 15.8. The molecule has 114 valence electrons. The fourth-order valence-electron chi connectivity index (χ4n) is 1.71. The van der Waals surface area contributed by atoms with Crippen molar-refractivity contribution >= 4 is 28.5 Å². The van der Waals surface area contributed by atoms with Gasteiger partial charge in [-0.1, -0.05) is 63.7 Å². The first kappa shape index (κ1) is 17.9. The van der Waals surface area contributed by atoms with E-state index < -0.39 is 23.0 Å². The summed E-state index contributed by atoms with van der Waals surface area (Å²) in [5.41, 5.74) is 0.898. The van der Waals surface area contributed by atoms with E-state index in [9.17, 15) is 5.11 Å². The van der Waals surface area contributed by atoms with E-state index in [1.54, 1.807) is 6.92 Å². The second-order valence-corrected chi connectivity index (χ2v) is 19.6. The van der Waals surface area contributed by atoms with Gasteiger partial charge in [-0.25, -0.2) is 0 Å². The average Bonchev–Trinajstić information content (AvgIpc) is 2.29. The van der Waals surface area contributed by atoms with E-state index in [0.29, 0.717) is 10.1 Å². The van der Waals surface area contributed by atoms with Crippen LogP contribution in [0, 0.1) is 0 Å². The molecule has 0 radical (unpaired) electrons. The molecule has 1 aromatic rings. The summed E-state index contributed by atoms with van der Waals surface area (Å²) in [4.78, 5) is 0. The van der Waals surface area contributed by atoms with Crippen molar-refractivity contribution in [2.45, 2.75) is 58.0 Å². The van der Waals surface area contributed by atoms with Crippen LogP contribution >= 0.6 is 11.6 Å². The van der Waals surface area contributed by atoms with Crippen LogP contribution in [0.3, 0.4) is 0 Å². The lowest BCUT2D eigenvalue weighted by Gasteiger charge is -2.37. The summed E-state index contributed by atoms with van der Waals surface area (Å²) in [7, 11) is -2.10. The Bertz CT molecular complexity index is 442. The molecule has 0 fully saturated rings. The Balaban J connectivity index is 2.88. The Hall–Kier alpha value is -0.136. The molecule has 5 heteroatoms. The number of hydrogen-bond acceptors (Lipinski definition) is 2. The molecule has 1 aromatic carbocycles. The van der Waals surface area contributed by atoms with Gasteiger partial charge in [-0.05, 0) is 18.0 Å². The standard InChI is InChI=1S/C15H27ClO2Si2/c1-11(17)14(12-9-7-8-10-13(12)16)18-19-20(5,6)15(2,3)4/h7-11,14,17H,19H2,1-6H3. The largest absolute Gasteiger partial charge is 0.418 e. The fraction of sp³-hybridized carbons (Fsp3) is 0.600. The Morgan fingerprint density at radius 2 is 1.80 bits per heavy atom. The molecule has 0 aliphatic rings. The summed E-state index contributed by atoms with van der Waals surface area (Å²) in [6.45, 7) is 13.4. The van der Waals surface area contributed by atoms with Crippen molar-refractivity contribution in [3.05, 3.63) is 34.9 Å². The van der Waals surface area contributed by atoms with Crippen LogP contribution < -0.4 is 0 Å². The fourth-order valence-corrected chi connectivity index (χ4v) is 6.53. The number of aliphatic hydroxyl groups is 1. The quantitative estimate of drug-likeness (QED) is 0.830. The molecule has 0 amide bonds. The molecule has 2 atom stereocenters. The van der Waals surface area contributed by atoms with Gasteiger partial charge in [0, 0.05) is 10.6 Å². The normalized spacial score (nSPS) is 16.6. The summed E-state index contributed by atoms with van der Waals surface area (Å²) in [5, 5.41) is 11.0. The van der Waals surface area contributed by atoms with Crippen molar-refractivity contribution < 1.29 is 9.53 Å². The topological polar surface area (TPSA) is 29.5 Å². The van der Waals surface area contributed by atoms with Crippen LogP contribution in [0.1, 0.15) is 39.4 Å². The predicted molar refractivity (Wildman–Crippen MR) is 92.7 cm³/mol. The van der Waals surface area contributed by atoms with Crippen molar-refractivity contribution in [2.24, 2.45) is 0 Å². The number of benzene rings is 1. The maximum Gasteiger partial charge on any atom is 0.152 e. The lowest BCUT2D eigenvalue weighted by Crippen LogP contribution is -2.46. The van der Waals surface area contributed by atoms with Crippen LogP contribution in [0.25, 0.3) is 0 Å². The second-order valence-electron chi connectivity index (χ2n) is 7.13. The lowest BCUT2D eigenvalue weighted by molar-refractivity contribution is 0.0523. The molecule has 0 aliphatic carbocycles. The van der Waals surface area contributed by atoms with E-state index in [0.717, 1.165) is 5.56 Å². The predicted octanol–water partition coefficient (Wildman–Crippen LogP) is 3.87. The minimum atomic E-state index is -1.40. The summed E-state index contributed by atoms with van der Waals surface area (Å²) in [6, 6.07) is 7.63. The average molecular weight is 331 g/mol. The lowest BCUT2D eigenvalue weighted by atomic mass is 10.1. The number of halogens is 1. The Kier molecular flexibility index (Phi) is 6.05. The van der Waals surface area contributed by atoms with E-state index >= 15 is 0 Å². The number of rotatable bonds is 5. The van der Waals surface area contributed by atoms with Crippen molar-refractivity contribution in [1.82, 2.24) is 0 Å². The van der Waals surface area contributed by atoms with Gasteiger partial charge in [0.1, 0.15) is 0 Å². The van der Waals surface area contributed by atoms with Crippen molar-refractivity contribution in [3.63, 3.8) is 0 Å². The van der Waals surface area contributed by atoms with E-state index in [1.807, 2.05) is 24.3 Å². The van der Waals surface area contributed by atoms with Crippen LogP contribution in [0.2, 0.25) is 23.2 Å². The molecule has 2 unspecified atom stereocenters. The monoisotopic (exact) mass is 330 g/mol. The molecule has 20 heavy (non-hydrogen) atoms. The van der Waals surface area contributed by atoms with E-state index in [1.165, 1.54) is 0 Å². The Morgan fingerprint density at radius 3 is 2.25 bits per heavy atom. The van der Waals surface area contributed by atoms with Gasteiger partial charge in [0.15, 0.2) is 9.28 Å². The van der Waals surface area contributed by atoms with Gasteiger partial charge < -0.3 is 9.53 Å². The third kappa shape index (κ3) is 4.43. The zero-order chi connectivity index (χ0) is 15.6. The Labute approximate surface area is 131 Å². The van der Waals surface area contributed by atoms with E-state index in [4.69, 9.17) is 16.0 Å². The van der Waals surface area contributed by atoms with Gasteiger partial charge in [-0.2, -0.15) is 0 Å². The van der Waals surface area contributed by atoms with Crippen molar-refractivity contribution in [2.75, 3.05) is 0 Å². The van der Waals surface area contributed by atoms with Crippen LogP contribution in [0.4, 0.5) is 0 Å². The molecular weight excluding hydrogens is 304 g/mol. The SMILES string of the molecule is CC(O)C(O[SiH2][Si](C)(C)C(C)(C)C)c1ccccc1Cl. The molecular formula is C15H27ClO2Si2. The zero-order valence-electron chi connectivity index (χ0n) is 13.4. The maximum absolute atomic E-state index is 10.0. The molecule has 0 aromatic heterocycles. The number of aliphatic hydroxyl groups excluding tert-OH is 1. The van der Waals surface area contributed by atoms with Crippen LogP contribution in [0.5, 0.6) is 0 Å². The van der Waals surface area contributed by atoms with Crippen molar-refractivity contribution in [1.29, 1.82) is 0 Å². The molecule has 0 saturated carbocycles. The minimum absolute atomic E-state index is 0.301. The van der Waals surface area contributed by atoms with E-state index in [2.05, 4.69) is 33.9 Å². The zero-order valence-corrected chi connectivity index (χ0v) is 16.6. The summed E-state index contributed by atoms with van der Waals surface area (Å²) >= 11 is 6.24. The van der Waals surface area contributed by atoms with Crippen molar-refractivity contribution in [3.8, 4) is 0 Å². The summed E-state index contributed by atoms with van der Waals surface area (Å²) < 4.78 is 6.23. The third-order valence-electron chi connectivity index (χ3n) is 4.30. The van der Waals surface area contributed by atoms with Gasteiger partial charge in [0.05, 0.1) is 19.8 Å².